The highest BCUT2D eigenvalue weighted by atomic mass is 79.9. The van der Waals surface area contributed by atoms with E-state index in [2.05, 4.69) is 21.2 Å². The summed E-state index contributed by atoms with van der Waals surface area (Å²) in [6.45, 7) is 1.30. The molecule has 1 unspecified atom stereocenters. The topological polar surface area (TPSA) is 75.3 Å². The standard InChI is InChI=1S/C10H11BrF2N2O3S/c1-5(10(16)14-2)15-19(17,18)9-7(11)3-6(12)4-8(9)13/h3-5,15H,1-2H3,(H,14,16). The first kappa shape index (κ1) is 16.0. The zero-order valence-corrected chi connectivity index (χ0v) is 12.4. The first-order chi connectivity index (χ1) is 8.69. The van der Waals surface area contributed by atoms with Crippen molar-refractivity contribution in [1.82, 2.24) is 10.0 Å². The Morgan fingerprint density at radius 3 is 2.42 bits per heavy atom. The van der Waals surface area contributed by atoms with Crippen LogP contribution in [0.25, 0.3) is 0 Å². The van der Waals surface area contributed by atoms with E-state index in [-0.39, 0.29) is 4.47 Å². The van der Waals surface area contributed by atoms with Gasteiger partial charge in [-0.1, -0.05) is 0 Å². The van der Waals surface area contributed by atoms with Crippen molar-refractivity contribution in [2.75, 3.05) is 7.05 Å². The fourth-order valence-electron chi connectivity index (χ4n) is 1.35. The Hall–Kier alpha value is -1.06. The van der Waals surface area contributed by atoms with Gasteiger partial charge in [-0.25, -0.2) is 17.2 Å². The van der Waals surface area contributed by atoms with Gasteiger partial charge in [0.05, 0.1) is 6.04 Å². The number of hydrogen-bond donors (Lipinski definition) is 2. The second-order valence-electron chi connectivity index (χ2n) is 3.66. The molecule has 106 valence electrons. The molecule has 0 fully saturated rings. The number of amides is 1. The molecule has 0 heterocycles. The molecule has 1 aromatic carbocycles. The van der Waals surface area contributed by atoms with Crippen molar-refractivity contribution in [2.24, 2.45) is 0 Å². The molecule has 19 heavy (non-hydrogen) atoms. The minimum absolute atomic E-state index is 0.262. The van der Waals surface area contributed by atoms with Crippen molar-refractivity contribution >= 4 is 31.9 Å². The number of benzene rings is 1. The van der Waals surface area contributed by atoms with Crippen LogP contribution in [0.5, 0.6) is 0 Å². The summed E-state index contributed by atoms with van der Waals surface area (Å²) < 4.78 is 52.0. The highest BCUT2D eigenvalue weighted by Gasteiger charge is 2.27. The Bertz CT molecular complexity index is 584. The minimum Gasteiger partial charge on any atom is -0.358 e. The second-order valence-corrected chi connectivity index (χ2v) is 6.16. The van der Waals surface area contributed by atoms with E-state index in [0.29, 0.717) is 6.07 Å². The lowest BCUT2D eigenvalue weighted by atomic mass is 10.3. The van der Waals surface area contributed by atoms with Crippen molar-refractivity contribution in [1.29, 1.82) is 0 Å². The zero-order chi connectivity index (χ0) is 14.8. The summed E-state index contributed by atoms with van der Waals surface area (Å²) in [6.07, 6.45) is 0. The van der Waals surface area contributed by atoms with E-state index in [9.17, 15) is 22.0 Å². The third-order valence-corrected chi connectivity index (χ3v) is 4.71. The molecule has 0 aliphatic heterocycles. The zero-order valence-electron chi connectivity index (χ0n) is 10.00. The van der Waals surface area contributed by atoms with Crippen LogP contribution in [0.2, 0.25) is 0 Å². The van der Waals surface area contributed by atoms with Crippen LogP contribution in [0.4, 0.5) is 8.78 Å². The number of rotatable bonds is 4. The highest BCUT2D eigenvalue weighted by Crippen LogP contribution is 2.26. The van der Waals surface area contributed by atoms with Gasteiger partial charge >= 0.3 is 0 Å². The molecule has 5 nitrogen and oxygen atoms in total. The number of halogens is 3. The molecule has 0 spiro atoms. The molecule has 0 aliphatic carbocycles. The maximum absolute atomic E-state index is 13.6. The van der Waals surface area contributed by atoms with E-state index >= 15 is 0 Å². The van der Waals surface area contributed by atoms with Gasteiger partial charge in [0.25, 0.3) is 0 Å². The van der Waals surface area contributed by atoms with Crippen molar-refractivity contribution in [2.45, 2.75) is 17.9 Å². The van der Waals surface area contributed by atoms with Crippen LogP contribution in [0.15, 0.2) is 21.5 Å². The van der Waals surface area contributed by atoms with Crippen molar-refractivity contribution in [3.05, 3.63) is 28.2 Å². The van der Waals surface area contributed by atoms with E-state index in [1.165, 1.54) is 14.0 Å². The Morgan fingerprint density at radius 2 is 1.95 bits per heavy atom. The van der Waals surface area contributed by atoms with Gasteiger partial charge < -0.3 is 5.32 Å². The summed E-state index contributed by atoms with van der Waals surface area (Å²) in [5.41, 5.74) is 0. The van der Waals surface area contributed by atoms with Gasteiger partial charge in [-0.2, -0.15) is 4.72 Å². The molecule has 0 saturated carbocycles. The second kappa shape index (κ2) is 5.93. The van der Waals surface area contributed by atoms with E-state index in [1.807, 2.05) is 4.72 Å². The van der Waals surface area contributed by atoms with Gasteiger partial charge in [0.15, 0.2) is 0 Å². The number of hydrogen-bond acceptors (Lipinski definition) is 3. The lowest BCUT2D eigenvalue weighted by Crippen LogP contribution is -2.43. The Morgan fingerprint density at radius 1 is 1.37 bits per heavy atom. The Balaban J connectivity index is 3.18. The van der Waals surface area contributed by atoms with Crippen LogP contribution in [0.1, 0.15) is 6.92 Å². The van der Waals surface area contributed by atoms with Crippen LogP contribution in [0.3, 0.4) is 0 Å². The number of carbonyl (C=O) groups excluding carboxylic acids is 1. The van der Waals surface area contributed by atoms with Gasteiger partial charge in [0.1, 0.15) is 16.5 Å². The first-order valence-electron chi connectivity index (χ1n) is 5.07. The van der Waals surface area contributed by atoms with Crippen LogP contribution in [-0.2, 0) is 14.8 Å². The van der Waals surface area contributed by atoms with Gasteiger partial charge in [0, 0.05) is 17.6 Å². The summed E-state index contributed by atoms with van der Waals surface area (Å²) >= 11 is 2.78. The number of carbonyl (C=O) groups is 1. The monoisotopic (exact) mass is 356 g/mol. The van der Waals surface area contributed by atoms with Crippen LogP contribution >= 0.6 is 15.9 Å². The van der Waals surface area contributed by atoms with Gasteiger partial charge in [-0.3, -0.25) is 4.79 Å². The fraction of sp³-hybridized carbons (Fsp3) is 0.300. The molecular formula is C10H11BrF2N2O3S. The van der Waals surface area contributed by atoms with E-state index < -0.39 is 38.5 Å². The van der Waals surface area contributed by atoms with Crippen molar-refractivity contribution in [3.63, 3.8) is 0 Å². The number of sulfonamides is 1. The molecular weight excluding hydrogens is 346 g/mol. The van der Waals surface area contributed by atoms with Gasteiger partial charge in [-0.05, 0) is 28.9 Å². The largest absolute Gasteiger partial charge is 0.358 e. The lowest BCUT2D eigenvalue weighted by molar-refractivity contribution is -0.121. The Labute approximate surface area is 117 Å². The summed E-state index contributed by atoms with van der Waals surface area (Å²) in [4.78, 5) is 10.5. The van der Waals surface area contributed by atoms with Crippen LogP contribution in [0, 0.1) is 11.6 Å². The molecule has 0 aromatic heterocycles. The normalized spacial score (nSPS) is 13.1. The van der Waals surface area contributed by atoms with Crippen molar-refractivity contribution in [3.8, 4) is 0 Å². The van der Waals surface area contributed by atoms with Gasteiger partial charge in [-0.15, -0.1) is 0 Å². The summed E-state index contributed by atoms with van der Waals surface area (Å²) in [5, 5.41) is 2.25. The molecule has 0 saturated heterocycles. The summed E-state index contributed by atoms with van der Waals surface area (Å²) in [5.74, 6) is -2.74. The van der Waals surface area contributed by atoms with Crippen LogP contribution in [-0.4, -0.2) is 27.4 Å². The molecule has 0 radical (unpaired) electrons. The molecule has 0 aliphatic rings. The molecule has 2 N–H and O–H groups in total. The van der Waals surface area contributed by atoms with Crippen molar-refractivity contribution < 1.29 is 22.0 Å². The fourth-order valence-corrected chi connectivity index (χ4v) is 3.72. The Kier molecular flexibility index (Phi) is 4.99. The quantitative estimate of drug-likeness (QED) is 0.849. The SMILES string of the molecule is CNC(=O)C(C)NS(=O)(=O)c1c(F)cc(F)cc1Br. The first-order valence-corrected chi connectivity index (χ1v) is 7.35. The van der Waals surface area contributed by atoms with Gasteiger partial charge in [0.2, 0.25) is 15.9 Å². The molecule has 1 atom stereocenters. The van der Waals surface area contributed by atoms with E-state index in [0.717, 1.165) is 6.07 Å². The minimum atomic E-state index is -4.29. The molecule has 1 rings (SSSR count). The third-order valence-electron chi connectivity index (χ3n) is 2.20. The molecule has 1 amide bonds. The maximum Gasteiger partial charge on any atom is 0.245 e. The third kappa shape index (κ3) is 3.71. The maximum atomic E-state index is 13.6. The summed E-state index contributed by atoms with van der Waals surface area (Å²) in [7, 11) is -2.96. The summed E-state index contributed by atoms with van der Waals surface area (Å²) in [6, 6.07) is 0.179. The average Bonchev–Trinajstić information content (AvgIpc) is 2.24. The average molecular weight is 357 g/mol. The molecule has 1 aromatic rings. The molecule has 0 bridgehead atoms. The number of nitrogens with one attached hydrogen (secondary N) is 2. The lowest BCUT2D eigenvalue weighted by Gasteiger charge is -2.14. The van der Waals surface area contributed by atoms with E-state index in [4.69, 9.17) is 0 Å². The molecule has 9 heteroatoms. The smallest absolute Gasteiger partial charge is 0.245 e. The predicted molar refractivity (Wildman–Crippen MR) is 67.9 cm³/mol. The number of likely N-dealkylation sites (N-methyl/N-ethyl adjacent to an activating group) is 1. The highest BCUT2D eigenvalue weighted by molar-refractivity contribution is 9.10. The van der Waals surface area contributed by atoms with E-state index in [1.54, 1.807) is 0 Å². The predicted octanol–water partition coefficient (Wildman–Crippen LogP) is 1.14. The van der Waals surface area contributed by atoms with Crippen LogP contribution < -0.4 is 10.0 Å².